The number of rotatable bonds is 4. The molecule has 1 atom stereocenters. The molecule has 0 bridgehead atoms. The number of aromatic nitrogens is 2. The standard InChI is InChI=1S/C16H18F2N4O2/c17-15(18)22-9-7-19-14(22)11-3-5-12(6-4-11)20-16(24)21-8-1-2-13(21)10-23/h3-7,9,13,15,23H,1-2,8,10H2,(H,20,24)/t13-/m1/s1. The minimum atomic E-state index is -2.66. The van der Waals surface area contributed by atoms with E-state index in [0.717, 1.165) is 17.4 Å². The molecule has 24 heavy (non-hydrogen) atoms. The predicted molar refractivity (Wildman–Crippen MR) is 84.7 cm³/mol. The zero-order valence-electron chi connectivity index (χ0n) is 12.9. The number of carbonyl (C=O) groups is 1. The summed E-state index contributed by atoms with van der Waals surface area (Å²) < 4.78 is 26.5. The van der Waals surface area contributed by atoms with Gasteiger partial charge in [0.05, 0.1) is 12.6 Å². The summed E-state index contributed by atoms with van der Waals surface area (Å²) in [5, 5.41) is 12.0. The molecule has 2 heterocycles. The number of nitrogens with one attached hydrogen (secondary N) is 1. The normalized spacial score (nSPS) is 17.5. The largest absolute Gasteiger partial charge is 0.394 e. The summed E-state index contributed by atoms with van der Waals surface area (Å²) in [6, 6.07) is 6.12. The van der Waals surface area contributed by atoms with Crippen LogP contribution in [0.2, 0.25) is 0 Å². The first-order valence-corrected chi connectivity index (χ1v) is 7.70. The lowest BCUT2D eigenvalue weighted by Crippen LogP contribution is -2.40. The second-order valence-corrected chi connectivity index (χ2v) is 5.62. The van der Waals surface area contributed by atoms with E-state index in [4.69, 9.17) is 0 Å². The van der Waals surface area contributed by atoms with Gasteiger partial charge in [-0.2, -0.15) is 8.78 Å². The lowest BCUT2D eigenvalue weighted by Gasteiger charge is -2.23. The summed E-state index contributed by atoms with van der Waals surface area (Å²) >= 11 is 0. The molecule has 8 heteroatoms. The highest BCUT2D eigenvalue weighted by Gasteiger charge is 2.28. The molecule has 0 saturated carbocycles. The van der Waals surface area contributed by atoms with Crippen molar-refractivity contribution in [1.29, 1.82) is 0 Å². The minimum absolute atomic E-state index is 0.0529. The molecular weight excluding hydrogens is 318 g/mol. The van der Waals surface area contributed by atoms with Gasteiger partial charge in [0.15, 0.2) is 0 Å². The maximum atomic E-state index is 12.9. The van der Waals surface area contributed by atoms with Crippen molar-refractivity contribution >= 4 is 11.7 Å². The van der Waals surface area contributed by atoms with Crippen LogP contribution < -0.4 is 5.32 Å². The molecule has 2 aromatic rings. The van der Waals surface area contributed by atoms with Crippen LogP contribution in [0.15, 0.2) is 36.7 Å². The van der Waals surface area contributed by atoms with Crippen LogP contribution in [0.5, 0.6) is 0 Å². The van der Waals surface area contributed by atoms with Crippen LogP contribution in [0.25, 0.3) is 11.4 Å². The van der Waals surface area contributed by atoms with E-state index in [1.807, 2.05) is 0 Å². The smallest absolute Gasteiger partial charge is 0.322 e. The van der Waals surface area contributed by atoms with E-state index < -0.39 is 6.55 Å². The molecule has 1 aromatic carbocycles. The second-order valence-electron chi connectivity index (χ2n) is 5.62. The van der Waals surface area contributed by atoms with Crippen molar-refractivity contribution in [1.82, 2.24) is 14.5 Å². The number of benzene rings is 1. The van der Waals surface area contributed by atoms with Gasteiger partial charge in [0.25, 0.3) is 0 Å². The molecular formula is C16H18F2N4O2. The Balaban J connectivity index is 1.71. The number of hydrogen-bond donors (Lipinski definition) is 2. The highest BCUT2D eigenvalue weighted by atomic mass is 19.3. The van der Waals surface area contributed by atoms with Gasteiger partial charge in [0.2, 0.25) is 0 Å². The zero-order chi connectivity index (χ0) is 17.1. The van der Waals surface area contributed by atoms with Crippen molar-refractivity contribution in [2.24, 2.45) is 0 Å². The molecule has 3 rings (SSSR count). The first kappa shape index (κ1) is 16.4. The minimum Gasteiger partial charge on any atom is -0.394 e. The molecule has 128 valence electrons. The van der Waals surface area contributed by atoms with Gasteiger partial charge in [-0.05, 0) is 37.1 Å². The van der Waals surface area contributed by atoms with Crippen LogP contribution in [0.4, 0.5) is 19.3 Å². The maximum Gasteiger partial charge on any atom is 0.322 e. The SMILES string of the molecule is O=C(Nc1ccc(-c2nccn2C(F)F)cc1)N1CCC[C@@H]1CO. The fourth-order valence-corrected chi connectivity index (χ4v) is 2.88. The third-order valence-electron chi connectivity index (χ3n) is 4.12. The Morgan fingerprint density at radius 2 is 2.12 bits per heavy atom. The molecule has 6 nitrogen and oxygen atoms in total. The monoisotopic (exact) mass is 336 g/mol. The molecule has 1 saturated heterocycles. The van der Waals surface area contributed by atoms with Crippen molar-refractivity contribution < 1.29 is 18.7 Å². The number of halogens is 2. The van der Waals surface area contributed by atoms with Crippen LogP contribution in [-0.4, -0.2) is 44.8 Å². The number of hydrogen-bond acceptors (Lipinski definition) is 3. The summed E-state index contributed by atoms with van der Waals surface area (Å²) in [5.74, 6) is 0.169. The average molecular weight is 336 g/mol. The van der Waals surface area contributed by atoms with E-state index in [1.54, 1.807) is 29.2 Å². The van der Waals surface area contributed by atoms with E-state index in [0.29, 0.717) is 17.8 Å². The Bertz CT molecular complexity index is 702. The van der Waals surface area contributed by atoms with Crippen LogP contribution in [0, 0.1) is 0 Å². The van der Waals surface area contributed by atoms with Crippen LogP contribution in [0.3, 0.4) is 0 Å². The molecule has 1 aliphatic heterocycles. The number of urea groups is 1. The van der Waals surface area contributed by atoms with Gasteiger partial charge in [-0.25, -0.2) is 9.78 Å². The van der Waals surface area contributed by atoms with Crippen molar-refractivity contribution in [2.75, 3.05) is 18.5 Å². The number of anilines is 1. The molecule has 2 N–H and O–H groups in total. The Labute approximate surface area is 137 Å². The maximum absolute atomic E-state index is 12.9. The van der Waals surface area contributed by atoms with E-state index in [9.17, 15) is 18.7 Å². The number of nitrogens with zero attached hydrogens (tertiary/aromatic N) is 3. The van der Waals surface area contributed by atoms with E-state index in [1.165, 1.54) is 12.4 Å². The molecule has 2 amide bonds. The van der Waals surface area contributed by atoms with Crippen molar-refractivity contribution in [3.8, 4) is 11.4 Å². The summed E-state index contributed by atoms with van der Waals surface area (Å²) in [7, 11) is 0. The number of carbonyl (C=O) groups excluding carboxylic acids is 1. The van der Waals surface area contributed by atoms with Gasteiger partial charge in [-0.15, -0.1) is 0 Å². The highest BCUT2D eigenvalue weighted by Crippen LogP contribution is 2.24. The Kier molecular flexibility index (Phi) is 4.75. The van der Waals surface area contributed by atoms with Gasteiger partial charge >= 0.3 is 12.6 Å². The fraction of sp³-hybridized carbons (Fsp3) is 0.375. The molecule has 0 spiro atoms. The highest BCUT2D eigenvalue weighted by molar-refractivity contribution is 5.90. The summed E-state index contributed by atoms with van der Waals surface area (Å²) in [6.45, 7) is -2.10. The third-order valence-corrected chi connectivity index (χ3v) is 4.12. The number of amides is 2. The number of aliphatic hydroxyl groups excluding tert-OH is 1. The Morgan fingerprint density at radius 1 is 1.38 bits per heavy atom. The first-order valence-electron chi connectivity index (χ1n) is 7.70. The van der Waals surface area contributed by atoms with Gasteiger partial charge in [-0.3, -0.25) is 4.57 Å². The van der Waals surface area contributed by atoms with Gasteiger partial charge in [0.1, 0.15) is 5.82 Å². The van der Waals surface area contributed by atoms with Crippen LogP contribution in [-0.2, 0) is 0 Å². The average Bonchev–Trinajstić information content (AvgIpc) is 3.24. The third kappa shape index (κ3) is 3.23. The zero-order valence-corrected chi connectivity index (χ0v) is 12.9. The number of aliphatic hydroxyl groups is 1. The van der Waals surface area contributed by atoms with Crippen LogP contribution in [0.1, 0.15) is 19.4 Å². The Hall–Kier alpha value is -2.48. The fourth-order valence-electron chi connectivity index (χ4n) is 2.88. The summed E-state index contributed by atoms with van der Waals surface area (Å²) in [4.78, 5) is 17.8. The lowest BCUT2D eigenvalue weighted by molar-refractivity contribution is 0.0720. The van der Waals surface area contributed by atoms with E-state index in [-0.39, 0.29) is 24.5 Å². The number of imidazole rings is 1. The molecule has 0 radical (unpaired) electrons. The van der Waals surface area contributed by atoms with Gasteiger partial charge < -0.3 is 15.3 Å². The predicted octanol–water partition coefficient (Wildman–Crippen LogP) is 2.93. The topological polar surface area (TPSA) is 70.4 Å². The Morgan fingerprint density at radius 3 is 2.79 bits per heavy atom. The first-order chi connectivity index (χ1) is 11.6. The quantitative estimate of drug-likeness (QED) is 0.902. The van der Waals surface area contributed by atoms with Gasteiger partial charge in [0, 0.05) is 30.2 Å². The summed E-state index contributed by atoms with van der Waals surface area (Å²) in [6.07, 6.45) is 4.20. The summed E-state index contributed by atoms with van der Waals surface area (Å²) in [5.41, 5.74) is 1.09. The van der Waals surface area contributed by atoms with Crippen molar-refractivity contribution in [3.63, 3.8) is 0 Å². The van der Waals surface area contributed by atoms with Crippen LogP contribution >= 0.6 is 0 Å². The lowest BCUT2D eigenvalue weighted by atomic mass is 10.2. The molecule has 1 aliphatic rings. The van der Waals surface area contributed by atoms with E-state index in [2.05, 4.69) is 10.3 Å². The van der Waals surface area contributed by atoms with Gasteiger partial charge in [-0.1, -0.05) is 0 Å². The van der Waals surface area contributed by atoms with E-state index >= 15 is 0 Å². The number of likely N-dealkylation sites (tertiary alicyclic amines) is 1. The van der Waals surface area contributed by atoms with Crippen molar-refractivity contribution in [2.45, 2.75) is 25.4 Å². The number of alkyl halides is 2. The molecule has 1 fully saturated rings. The second kappa shape index (κ2) is 6.96. The molecule has 1 aromatic heterocycles. The molecule has 0 aliphatic carbocycles. The van der Waals surface area contributed by atoms with Crippen molar-refractivity contribution in [3.05, 3.63) is 36.7 Å². The molecule has 0 unspecified atom stereocenters.